The summed E-state index contributed by atoms with van der Waals surface area (Å²) in [6, 6.07) is 7.12. The fourth-order valence-electron chi connectivity index (χ4n) is 2.34. The summed E-state index contributed by atoms with van der Waals surface area (Å²) in [7, 11) is 0. The molecule has 2 atom stereocenters. The van der Waals surface area contributed by atoms with E-state index in [1.807, 2.05) is 12.1 Å². The van der Waals surface area contributed by atoms with Crippen LogP contribution >= 0.6 is 11.6 Å². The van der Waals surface area contributed by atoms with Gasteiger partial charge in [0.2, 0.25) is 5.92 Å². The van der Waals surface area contributed by atoms with Crippen molar-refractivity contribution >= 4 is 11.6 Å². The maximum Gasteiger partial charge on any atom is 0.248 e. The molecule has 0 bridgehead atoms. The molecule has 1 aliphatic rings. The van der Waals surface area contributed by atoms with Gasteiger partial charge in [0.1, 0.15) is 0 Å². The first kappa shape index (κ1) is 12.8. The monoisotopic (exact) mass is 260 g/mol. The van der Waals surface area contributed by atoms with Gasteiger partial charge in [0.05, 0.1) is 6.10 Å². The van der Waals surface area contributed by atoms with E-state index in [-0.39, 0.29) is 18.8 Å². The van der Waals surface area contributed by atoms with Gasteiger partial charge in [-0.05, 0) is 36.5 Å². The Morgan fingerprint density at radius 3 is 2.53 bits per heavy atom. The molecule has 0 radical (unpaired) electrons. The highest BCUT2D eigenvalue weighted by molar-refractivity contribution is 6.30. The maximum atomic E-state index is 13.0. The van der Waals surface area contributed by atoms with Gasteiger partial charge < -0.3 is 5.11 Å². The SMILES string of the molecule is OC(Cc1ccc(Cl)cc1)C1CCC(F)(F)C1. The van der Waals surface area contributed by atoms with E-state index in [1.54, 1.807) is 12.1 Å². The molecule has 1 aliphatic carbocycles. The minimum absolute atomic E-state index is 0.102. The molecule has 1 N–H and O–H groups in total. The van der Waals surface area contributed by atoms with Crippen LogP contribution in [0.25, 0.3) is 0 Å². The summed E-state index contributed by atoms with van der Waals surface area (Å²) < 4.78 is 26.0. The lowest BCUT2D eigenvalue weighted by molar-refractivity contribution is -0.00479. The van der Waals surface area contributed by atoms with Gasteiger partial charge in [-0.25, -0.2) is 8.78 Å². The average molecular weight is 261 g/mol. The van der Waals surface area contributed by atoms with E-state index in [4.69, 9.17) is 11.6 Å². The molecule has 0 amide bonds. The molecule has 0 saturated heterocycles. The highest BCUT2D eigenvalue weighted by atomic mass is 35.5. The Labute approximate surface area is 104 Å². The summed E-state index contributed by atoms with van der Waals surface area (Å²) in [5.41, 5.74) is 0.928. The van der Waals surface area contributed by atoms with Gasteiger partial charge in [-0.3, -0.25) is 0 Å². The number of alkyl halides is 2. The van der Waals surface area contributed by atoms with E-state index in [0.717, 1.165) is 5.56 Å². The van der Waals surface area contributed by atoms with Gasteiger partial charge in [0.25, 0.3) is 0 Å². The Hall–Kier alpha value is -0.670. The third-order valence-corrected chi connectivity index (χ3v) is 3.60. The van der Waals surface area contributed by atoms with E-state index >= 15 is 0 Å². The minimum atomic E-state index is -2.59. The topological polar surface area (TPSA) is 20.2 Å². The maximum absolute atomic E-state index is 13.0. The minimum Gasteiger partial charge on any atom is -0.392 e. The van der Waals surface area contributed by atoms with Gasteiger partial charge in [0, 0.05) is 17.9 Å². The lowest BCUT2D eigenvalue weighted by atomic mass is 9.95. The van der Waals surface area contributed by atoms with E-state index in [2.05, 4.69) is 0 Å². The van der Waals surface area contributed by atoms with Crippen molar-refractivity contribution in [2.75, 3.05) is 0 Å². The molecule has 2 unspecified atom stereocenters. The van der Waals surface area contributed by atoms with E-state index in [1.165, 1.54) is 0 Å². The van der Waals surface area contributed by atoms with Crippen molar-refractivity contribution in [3.8, 4) is 0 Å². The molecule has 94 valence electrons. The zero-order valence-corrected chi connectivity index (χ0v) is 10.1. The van der Waals surface area contributed by atoms with Crippen molar-refractivity contribution in [2.45, 2.75) is 37.7 Å². The third kappa shape index (κ3) is 3.39. The number of aliphatic hydroxyl groups excluding tert-OH is 1. The smallest absolute Gasteiger partial charge is 0.248 e. The highest BCUT2D eigenvalue weighted by Gasteiger charge is 2.41. The van der Waals surface area contributed by atoms with Crippen molar-refractivity contribution in [1.82, 2.24) is 0 Å². The number of halogens is 3. The number of hydrogen-bond acceptors (Lipinski definition) is 1. The summed E-state index contributed by atoms with van der Waals surface area (Å²) >= 11 is 5.75. The molecule has 1 aromatic rings. The summed E-state index contributed by atoms with van der Waals surface area (Å²) in [5.74, 6) is -2.88. The standard InChI is InChI=1S/C13H15ClF2O/c14-11-3-1-9(2-4-11)7-12(17)10-5-6-13(15,16)8-10/h1-4,10,12,17H,5-8H2. The predicted molar refractivity (Wildman–Crippen MR) is 63.5 cm³/mol. The summed E-state index contributed by atoms with van der Waals surface area (Å²) in [4.78, 5) is 0. The molecule has 17 heavy (non-hydrogen) atoms. The molecular formula is C13H15ClF2O. The van der Waals surface area contributed by atoms with Gasteiger partial charge in [-0.15, -0.1) is 0 Å². The second-order valence-corrected chi connectivity index (χ2v) is 5.19. The van der Waals surface area contributed by atoms with Crippen LogP contribution in [-0.4, -0.2) is 17.1 Å². The van der Waals surface area contributed by atoms with E-state index < -0.39 is 12.0 Å². The number of hydrogen-bond donors (Lipinski definition) is 1. The van der Waals surface area contributed by atoms with Crippen molar-refractivity contribution < 1.29 is 13.9 Å². The molecule has 1 saturated carbocycles. The Balaban J connectivity index is 1.93. The molecule has 0 heterocycles. The summed E-state index contributed by atoms with van der Waals surface area (Å²) in [6.07, 6.45) is -0.166. The lowest BCUT2D eigenvalue weighted by Gasteiger charge is -2.18. The van der Waals surface area contributed by atoms with Crippen molar-refractivity contribution in [1.29, 1.82) is 0 Å². The Kier molecular flexibility index (Phi) is 3.69. The quantitative estimate of drug-likeness (QED) is 0.879. The molecule has 0 spiro atoms. The Morgan fingerprint density at radius 2 is 2.00 bits per heavy atom. The van der Waals surface area contributed by atoms with Crippen LogP contribution in [-0.2, 0) is 6.42 Å². The lowest BCUT2D eigenvalue weighted by Crippen LogP contribution is -2.22. The molecule has 0 aliphatic heterocycles. The predicted octanol–water partition coefficient (Wildman–Crippen LogP) is 3.68. The molecule has 4 heteroatoms. The van der Waals surface area contributed by atoms with E-state index in [9.17, 15) is 13.9 Å². The van der Waals surface area contributed by atoms with Crippen LogP contribution < -0.4 is 0 Å². The van der Waals surface area contributed by atoms with Crippen LogP contribution in [0.1, 0.15) is 24.8 Å². The van der Waals surface area contributed by atoms with Crippen molar-refractivity contribution in [3.63, 3.8) is 0 Å². The van der Waals surface area contributed by atoms with Gasteiger partial charge in [-0.1, -0.05) is 23.7 Å². The molecule has 1 fully saturated rings. The molecule has 0 aromatic heterocycles. The van der Waals surface area contributed by atoms with Crippen molar-refractivity contribution in [3.05, 3.63) is 34.9 Å². The van der Waals surface area contributed by atoms with Crippen LogP contribution in [0.4, 0.5) is 8.78 Å². The normalized spacial score (nSPS) is 24.8. The first-order chi connectivity index (χ1) is 7.96. The first-order valence-electron chi connectivity index (χ1n) is 5.77. The number of aliphatic hydroxyl groups is 1. The zero-order valence-electron chi connectivity index (χ0n) is 9.37. The zero-order chi connectivity index (χ0) is 12.5. The summed E-state index contributed by atoms with van der Waals surface area (Å²) in [6.45, 7) is 0. The fourth-order valence-corrected chi connectivity index (χ4v) is 2.47. The van der Waals surface area contributed by atoms with Crippen LogP contribution in [0.3, 0.4) is 0 Å². The largest absolute Gasteiger partial charge is 0.392 e. The van der Waals surface area contributed by atoms with Gasteiger partial charge in [0.15, 0.2) is 0 Å². The fraction of sp³-hybridized carbons (Fsp3) is 0.538. The Bertz CT molecular complexity index is 378. The number of benzene rings is 1. The second-order valence-electron chi connectivity index (χ2n) is 4.76. The van der Waals surface area contributed by atoms with E-state index in [0.29, 0.717) is 17.9 Å². The third-order valence-electron chi connectivity index (χ3n) is 3.34. The summed E-state index contributed by atoms with van der Waals surface area (Å²) in [5, 5.41) is 10.6. The highest BCUT2D eigenvalue weighted by Crippen LogP contribution is 2.40. The molecule has 1 nitrogen and oxygen atoms in total. The van der Waals surface area contributed by atoms with Crippen LogP contribution in [0.2, 0.25) is 5.02 Å². The van der Waals surface area contributed by atoms with Gasteiger partial charge in [-0.2, -0.15) is 0 Å². The van der Waals surface area contributed by atoms with Crippen LogP contribution in [0.15, 0.2) is 24.3 Å². The molecule has 1 aromatic carbocycles. The number of rotatable bonds is 3. The average Bonchev–Trinajstić information content (AvgIpc) is 2.62. The molecular weight excluding hydrogens is 246 g/mol. The Morgan fingerprint density at radius 1 is 1.35 bits per heavy atom. The van der Waals surface area contributed by atoms with Gasteiger partial charge >= 0.3 is 0 Å². The molecule has 2 rings (SSSR count). The van der Waals surface area contributed by atoms with Crippen LogP contribution in [0.5, 0.6) is 0 Å². The first-order valence-corrected chi connectivity index (χ1v) is 6.14. The van der Waals surface area contributed by atoms with Crippen LogP contribution in [0, 0.1) is 5.92 Å². The second kappa shape index (κ2) is 4.91. The van der Waals surface area contributed by atoms with Crippen molar-refractivity contribution in [2.24, 2.45) is 5.92 Å².